The SMILES string of the molecule is Cc1cc(Nc2cc(C(F)F)ccn2)nc(-c2ccc(C(C)(O)C3CCC(C(=O)OCC(=O)N(C)C)CC3)nc2)c1. The molecule has 1 aliphatic carbocycles. The van der Waals surface area contributed by atoms with Crippen LogP contribution in [0, 0.1) is 18.8 Å². The molecule has 1 atom stereocenters. The van der Waals surface area contributed by atoms with Crippen LogP contribution in [-0.2, 0) is 19.9 Å². The minimum Gasteiger partial charge on any atom is -0.455 e. The van der Waals surface area contributed by atoms with Crippen LogP contribution >= 0.6 is 0 Å². The molecular formula is C30H35F2N5O4. The first-order valence-electron chi connectivity index (χ1n) is 13.5. The van der Waals surface area contributed by atoms with Crippen LogP contribution in [0.25, 0.3) is 11.3 Å². The number of alkyl halides is 2. The molecule has 1 fully saturated rings. The van der Waals surface area contributed by atoms with Gasteiger partial charge in [0, 0.05) is 37.6 Å². The first kappa shape index (κ1) is 30.0. The standard InChI is InChI=1S/C30H35F2N5O4/c1-18-13-23(35-26(14-18)36-25-15-20(28(31)32)11-12-33-25)21-7-10-24(34-16-21)30(2,40)22-8-5-19(6-9-22)29(39)41-17-27(38)37(3)4/h7,10-16,19,22,28,40H,5-6,8-9,17H2,1-4H3,(H,33,35,36). The monoisotopic (exact) mass is 567 g/mol. The number of pyridine rings is 3. The van der Waals surface area contributed by atoms with E-state index in [9.17, 15) is 23.5 Å². The Balaban J connectivity index is 1.41. The molecule has 9 nitrogen and oxygen atoms in total. The van der Waals surface area contributed by atoms with E-state index >= 15 is 0 Å². The molecule has 0 bridgehead atoms. The average Bonchev–Trinajstić information content (AvgIpc) is 2.95. The molecular weight excluding hydrogens is 532 g/mol. The maximum Gasteiger partial charge on any atom is 0.309 e. The molecule has 3 heterocycles. The fraction of sp³-hybridized carbons (Fsp3) is 0.433. The van der Waals surface area contributed by atoms with Crippen LogP contribution in [0.3, 0.4) is 0 Å². The van der Waals surface area contributed by atoms with Crippen molar-refractivity contribution in [1.29, 1.82) is 0 Å². The smallest absolute Gasteiger partial charge is 0.309 e. The molecule has 11 heteroatoms. The van der Waals surface area contributed by atoms with E-state index in [1.807, 2.05) is 19.1 Å². The molecule has 4 rings (SSSR count). The van der Waals surface area contributed by atoms with Crippen molar-refractivity contribution in [3.05, 3.63) is 65.6 Å². The fourth-order valence-electron chi connectivity index (χ4n) is 4.99. The number of aliphatic hydroxyl groups is 1. The number of nitrogens with zero attached hydrogens (tertiary/aromatic N) is 4. The Bertz CT molecular complexity index is 1370. The van der Waals surface area contributed by atoms with Gasteiger partial charge in [-0.05, 0) is 87.4 Å². The van der Waals surface area contributed by atoms with Crippen molar-refractivity contribution in [2.24, 2.45) is 11.8 Å². The third-order valence-electron chi connectivity index (χ3n) is 7.53. The van der Waals surface area contributed by atoms with E-state index in [-0.39, 0.29) is 41.7 Å². The fourth-order valence-corrected chi connectivity index (χ4v) is 4.99. The van der Waals surface area contributed by atoms with Gasteiger partial charge in [-0.25, -0.2) is 18.7 Å². The Morgan fingerprint density at radius 2 is 1.83 bits per heavy atom. The van der Waals surface area contributed by atoms with E-state index in [1.54, 1.807) is 39.3 Å². The predicted molar refractivity (Wildman–Crippen MR) is 149 cm³/mol. The molecule has 1 saturated carbocycles. The van der Waals surface area contributed by atoms with E-state index in [1.165, 1.54) is 23.2 Å². The summed E-state index contributed by atoms with van der Waals surface area (Å²) in [6.07, 6.45) is 2.73. The van der Waals surface area contributed by atoms with Crippen LogP contribution in [0.1, 0.15) is 55.9 Å². The molecule has 0 saturated heterocycles. The number of likely N-dealkylation sites (N-methyl/N-ethyl adjacent to an activating group) is 1. The molecule has 1 amide bonds. The van der Waals surface area contributed by atoms with Gasteiger partial charge in [0.25, 0.3) is 12.3 Å². The number of aromatic nitrogens is 3. The molecule has 41 heavy (non-hydrogen) atoms. The predicted octanol–water partition coefficient (Wildman–Crippen LogP) is 5.17. The number of hydrogen-bond donors (Lipinski definition) is 2. The van der Waals surface area contributed by atoms with E-state index in [0.717, 1.165) is 11.1 Å². The highest BCUT2D eigenvalue weighted by Crippen LogP contribution is 2.41. The molecule has 3 aromatic rings. The van der Waals surface area contributed by atoms with Gasteiger partial charge in [-0.3, -0.25) is 14.6 Å². The van der Waals surface area contributed by atoms with E-state index < -0.39 is 12.0 Å². The van der Waals surface area contributed by atoms with Crippen molar-refractivity contribution in [1.82, 2.24) is 19.9 Å². The van der Waals surface area contributed by atoms with E-state index in [2.05, 4.69) is 20.3 Å². The number of ether oxygens (including phenoxy) is 1. The molecule has 3 aromatic heterocycles. The number of esters is 1. The van der Waals surface area contributed by atoms with Crippen molar-refractivity contribution >= 4 is 23.5 Å². The van der Waals surface area contributed by atoms with Gasteiger partial charge in [0.1, 0.15) is 17.2 Å². The van der Waals surface area contributed by atoms with Gasteiger partial charge in [-0.15, -0.1) is 0 Å². The Morgan fingerprint density at radius 1 is 1.10 bits per heavy atom. The normalized spacial score (nSPS) is 18.4. The minimum atomic E-state index is -2.60. The summed E-state index contributed by atoms with van der Waals surface area (Å²) in [6.45, 7) is 3.37. The molecule has 218 valence electrons. The second-order valence-corrected chi connectivity index (χ2v) is 10.8. The van der Waals surface area contributed by atoms with Gasteiger partial charge >= 0.3 is 5.97 Å². The van der Waals surface area contributed by atoms with Crippen molar-refractivity contribution < 1.29 is 28.2 Å². The number of anilines is 2. The summed E-state index contributed by atoms with van der Waals surface area (Å²) in [5.74, 6) is -0.321. The third-order valence-corrected chi connectivity index (χ3v) is 7.53. The van der Waals surface area contributed by atoms with Gasteiger partial charge in [-0.2, -0.15) is 0 Å². The second kappa shape index (κ2) is 12.7. The second-order valence-electron chi connectivity index (χ2n) is 10.8. The number of rotatable bonds is 9. The highest BCUT2D eigenvalue weighted by Gasteiger charge is 2.39. The van der Waals surface area contributed by atoms with Crippen LogP contribution in [0.4, 0.5) is 20.4 Å². The van der Waals surface area contributed by atoms with Gasteiger partial charge in [-0.1, -0.05) is 0 Å². The number of nitrogens with one attached hydrogen (secondary N) is 1. The summed E-state index contributed by atoms with van der Waals surface area (Å²) in [6, 6.07) is 9.84. The summed E-state index contributed by atoms with van der Waals surface area (Å²) in [7, 11) is 3.21. The first-order chi connectivity index (χ1) is 19.4. The van der Waals surface area contributed by atoms with Gasteiger partial charge < -0.3 is 20.1 Å². The van der Waals surface area contributed by atoms with Crippen LogP contribution in [0.2, 0.25) is 0 Å². The van der Waals surface area contributed by atoms with Gasteiger partial charge in [0.2, 0.25) is 0 Å². The molecule has 0 aromatic carbocycles. The Kier molecular flexibility index (Phi) is 9.27. The van der Waals surface area contributed by atoms with Gasteiger partial charge in [0.15, 0.2) is 6.61 Å². The number of aryl methyl sites for hydroxylation is 1. The number of hydrogen-bond acceptors (Lipinski definition) is 8. The van der Waals surface area contributed by atoms with Crippen molar-refractivity contribution in [3.8, 4) is 11.3 Å². The number of amides is 1. The van der Waals surface area contributed by atoms with Crippen molar-refractivity contribution in [2.75, 3.05) is 26.0 Å². The molecule has 0 radical (unpaired) electrons. The highest BCUT2D eigenvalue weighted by atomic mass is 19.3. The quantitative estimate of drug-likeness (QED) is 0.340. The number of carbonyl (C=O) groups is 2. The van der Waals surface area contributed by atoms with Crippen LogP contribution in [0.5, 0.6) is 0 Å². The molecule has 1 unspecified atom stereocenters. The van der Waals surface area contributed by atoms with Crippen LogP contribution in [-0.4, -0.2) is 57.5 Å². The zero-order chi connectivity index (χ0) is 29.7. The van der Waals surface area contributed by atoms with Crippen LogP contribution < -0.4 is 5.32 Å². The Morgan fingerprint density at radius 3 is 2.46 bits per heavy atom. The number of halogens is 2. The maximum atomic E-state index is 13.1. The zero-order valence-electron chi connectivity index (χ0n) is 23.6. The summed E-state index contributed by atoms with van der Waals surface area (Å²) < 4.78 is 31.3. The lowest BCUT2D eigenvalue weighted by Crippen LogP contribution is -2.37. The highest BCUT2D eigenvalue weighted by molar-refractivity contribution is 5.81. The lowest BCUT2D eigenvalue weighted by molar-refractivity contribution is -0.156. The third kappa shape index (κ3) is 7.40. The summed E-state index contributed by atoms with van der Waals surface area (Å²) in [5.41, 5.74) is 1.44. The zero-order valence-corrected chi connectivity index (χ0v) is 23.6. The first-order valence-corrected chi connectivity index (χ1v) is 13.5. The maximum absolute atomic E-state index is 13.1. The van der Waals surface area contributed by atoms with Crippen LogP contribution in [0.15, 0.2) is 48.8 Å². The van der Waals surface area contributed by atoms with Crippen molar-refractivity contribution in [2.45, 2.75) is 51.6 Å². The Hall–Kier alpha value is -3.99. The van der Waals surface area contributed by atoms with E-state index in [0.29, 0.717) is 42.9 Å². The lowest BCUT2D eigenvalue weighted by atomic mass is 9.73. The minimum absolute atomic E-state index is 0.0993. The lowest BCUT2D eigenvalue weighted by Gasteiger charge is -2.37. The molecule has 0 spiro atoms. The molecule has 0 aliphatic heterocycles. The van der Waals surface area contributed by atoms with Gasteiger partial charge in [0.05, 0.1) is 17.3 Å². The summed E-state index contributed by atoms with van der Waals surface area (Å²) in [5, 5.41) is 14.4. The summed E-state index contributed by atoms with van der Waals surface area (Å²) >= 11 is 0. The molecule has 1 aliphatic rings. The van der Waals surface area contributed by atoms with Crippen molar-refractivity contribution in [3.63, 3.8) is 0 Å². The Labute approximate surface area is 238 Å². The largest absolute Gasteiger partial charge is 0.455 e. The topological polar surface area (TPSA) is 118 Å². The van der Waals surface area contributed by atoms with E-state index in [4.69, 9.17) is 4.74 Å². The summed E-state index contributed by atoms with van der Waals surface area (Å²) in [4.78, 5) is 38.7. The number of carbonyl (C=O) groups excluding carboxylic acids is 2. The average molecular weight is 568 g/mol. The molecule has 2 N–H and O–H groups in total.